The molecular weight excluding hydrogens is 450 g/mol. The molecule has 4 aromatic rings. The van der Waals surface area contributed by atoms with Gasteiger partial charge in [0, 0.05) is 18.7 Å². The summed E-state index contributed by atoms with van der Waals surface area (Å²) in [5.41, 5.74) is 0.902. The molecule has 0 atom stereocenters. The molecule has 1 N–H and O–H groups in total. The van der Waals surface area contributed by atoms with E-state index in [1.807, 2.05) is 0 Å². The predicted octanol–water partition coefficient (Wildman–Crippen LogP) is 4.09. The quantitative estimate of drug-likeness (QED) is 0.414. The molecule has 0 unspecified atom stereocenters. The molecule has 0 spiro atoms. The third kappa shape index (κ3) is 4.77. The fraction of sp³-hybridized carbons (Fsp3) is 0.0909. The molecular formula is C22H16F2N6O2S. The topological polar surface area (TPSA) is 96.2 Å². The fourth-order valence-electron chi connectivity index (χ4n) is 3.20. The molecule has 3 aromatic carbocycles. The first-order valence-electron chi connectivity index (χ1n) is 9.62. The van der Waals surface area contributed by atoms with Crippen LogP contribution in [0.5, 0.6) is 0 Å². The summed E-state index contributed by atoms with van der Waals surface area (Å²) in [6, 6.07) is 15.4. The maximum absolute atomic E-state index is 14.7. The number of aromatic amines is 1. The number of hydrogen-bond acceptors (Lipinski definition) is 5. The zero-order valence-electron chi connectivity index (χ0n) is 17.0. The Kier molecular flexibility index (Phi) is 6.21. The van der Waals surface area contributed by atoms with Crippen molar-refractivity contribution in [1.29, 1.82) is 0 Å². The molecule has 0 aliphatic rings. The zero-order chi connectivity index (χ0) is 23.4. The Balaban J connectivity index is 1.70. The van der Waals surface area contributed by atoms with Crippen molar-refractivity contribution in [3.05, 3.63) is 101 Å². The number of tetrazole rings is 1. The van der Waals surface area contributed by atoms with Gasteiger partial charge in [-0.25, -0.2) is 22.0 Å². The van der Waals surface area contributed by atoms with Crippen LogP contribution in [0.4, 0.5) is 14.5 Å². The second-order valence-electron chi connectivity index (χ2n) is 7.02. The largest absolute Gasteiger partial charge is 0.243 e. The van der Waals surface area contributed by atoms with Crippen LogP contribution in [0.2, 0.25) is 0 Å². The molecule has 8 nitrogen and oxygen atoms in total. The predicted molar refractivity (Wildman–Crippen MR) is 115 cm³/mol. The maximum Gasteiger partial charge on any atom is 0.243 e. The summed E-state index contributed by atoms with van der Waals surface area (Å²) in [5, 5.41) is 13.1. The minimum absolute atomic E-state index is 0.0601. The summed E-state index contributed by atoms with van der Waals surface area (Å²) < 4.78 is 56.8. The van der Waals surface area contributed by atoms with Gasteiger partial charge in [0.25, 0.3) is 0 Å². The van der Waals surface area contributed by atoms with Gasteiger partial charge >= 0.3 is 0 Å². The molecule has 1 aromatic heterocycles. The van der Waals surface area contributed by atoms with Crippen LogP contribution >= 0.6 is 0 Å². The smallest absolute Gasteiger partial charge is 0.238 e. The van der Waals surface area contributed by atoms with Crippen molar-refractivity contribution in [3.63, 3.8) is 0 Å². The summed E-state index contributed by atoms with van der Waals surface area (Å²) in [6.45, 7) is 6.55. The minimum atomic E-state index is -4.10. The van der Waals surface area contributed by atoms with Crippen LogP contribution in [0.3, 0.4) is 0 Å². The SMILES string of the molecule is [C-]#[N+]c1ccc(S(=O)(=O)N(Cc2ccc(-c3nn[nH]n3)c(F)c2)Cc2ccccc2F)cc1. The van der Waals surface area contributed by atoms with E-state index in [2.05, 4.69) is 25.5 Å². The summed E-state index contributed by atoms with van der Waals surface area (Å²) in [6.07, 6.45) is 0. The van der Waals surface area contributed by atoms with Gasteiger partial charge in [0.1, 0.15) is 11.6 Å². The van der Waals surface area contributed by atoms with Gasteiger partial charge in [-0.1, -0.05) is 48.5 Å². The number of H-pyrrole nitrogens is 1. The van der Waals surface area contributed by atoms with Crippen molar-refractivity contribution in [3.8, 4) is 11.4 Å². The Labute approximate surface area is 188 Å². The Morgan fingerprint density at radius 1 is 0.970 bits per heavy atom. The van der Waals surface area contributed by atoms with Gasteiger partial charge < -0.3 is 0 Å². The number of nitrogens with one attached hydrogen (secondary N) is 1. The number of rotatable bonds is 7. The molecule has 1 heterocycles. The first kappa shape index (κ1) is 22.2. The highest BCUT2D eigenvalue weighted by atomic mass is 32.2. The normalized spacial score (nSPS) is 11.5. The molecule has 0 aliphatic carbocycles. The Bertz CT molecular complexity index is 1420. The Hall–Kier alpha value is -4.01. The number of sulfonamides is 1. The lowest BCUT2D eigenvalue weighted by molar-refractivity contribution is 0.393. The van der Waals surface area contributed by atoms with E-state index in [9.17, 15) is 17.2 Å². The van der Waals surface area contributed by atoms with Crippen LogP contribution < -0.4 is 0 Å². The van der Waals surface area contributed by atoms with Crippen molar-refractivity contribution < 1.29 is 17.2 Å². The van der Waals surface area contributed by atoms with Crippen molar-refractivity contribution in [2.75, 3.05) is 0 Å². The standard InChI is InChI=1S/C22H16F2N6O2S/c1-25-17-7-9-18(10-8-17)33(31,32)30(14-16-4-2-3-5-20(16)23)13-15-6-11-19(21(24)12-15)22-26-28-29-27-22/h2-12H,13-14H2,(H,26,27,28,29). The molecule has 0 aliphatic heterocycles. The number of nitrogens with zero attached hydrogens (tertiary/aromatic N) is 5. The minimum Gasteiger partial charge on any atom is -0.238 e. The van der Waals surface area contributed by atoms with Crippen LogP contribution in [0, 0.1) is 18.2 Å². The van der Waals surface area contributed by atoms with Crippen LogP contribution in [0.15, 0.2) is 71.6 Å². The van der Waals surface area contributed by atoms with Gasteiger partial charge in [-0.2, -0.15) is 9.52 Å². The number of hydrogen-bond donors (Lipinski definition) is 1. The summed E-state index contributed by atoms with van der Waals surface area (Å²) in [4.78, 5) is 3.20. The number of halogens is 2. The van der Waals surface area contributed by atoms with E-state index in [4.69, 9.17) is 6.57 Å². The number of benzene rings is 3. The van der Waals surface area contributed by atoms with Crippen molar-refractivity contribution in [1.82, 2.24) is 24.9 Å². The Morgan fingerprint density at radius 2 is 1.73 bits per heavy atom. The summed E-state index contributed by atoms with van der Waals surface area (Å²) in [7, 11) is -4.10. The maximum atomic E-state index is 14.7. The lowest BCUT2D eigenvalue weighted by atomic mass is 10.1. The lowest BCUT2D eigenvalue weighted by Crippen LogP contribution is -2.30. The molecule has 0 saturated carbocycles. The zero-order valence-corrected chi connectivity index (χ0v) is 17.8. The van der Waals surface area contributed by atoms with E-state index in [0.29, 0.717) is 5.56 Å². The van der Waals surface area contributed by atoms with E-state index in [1.54, 1.807) is 12.1 Å². The second kappa shape index (κ2) is 9.23. The molecule has 0 fully saturated rings. The van der Waals surface area contributed by atoms with E-state index < -0.39 is 21.7 Å². The average Bonchev–Trinajstić information content (AvgIpc) is 3.35. The van der Waals surface area contributed by atoms with Crippen molar-refractivity contribution in [2.45, 2.75) is 18.0 Å². The van der Waals surface area contributed by atoms with Gasteiger partial charge in [-0.3, -0.25) is 0 Å². The van der Waals surface area contributed by atoms with Crippen LogP contribution in [0.1, 0.15) is 11.1 Å². The van der Waals surface area contributed by atoms with E-state index in [1.165, 1.54) is 54.6 Å². The third-order valence-electron chi connectivity index (χ3n) is 4.89. The van der Waals surface area contributed by atoms with Gasteiger partial charge in [-0.05, 0) is 29.0 Å². The van der Waals surface area contributed by atoms with Crippen molar-refractivity contribution in [2.24, 2.45) is 0 Å². The van der Waals surface area contributed by atoms with Crippen LogP contribution in [0.25, 0.3) is 16.2 Å². The highest BCUT2D eigenvalue weighted by Crippen LogP contribution is 2.26. The first-order chi connectivity index (χ1) is 15.9. The summed E-state index contributed by atoms with van der Waals surface area (Å²) >= 11 is 0. The molecule has 0 amide bonds. The molecule has 11 heteroatoms. The molecule has 0 saturated heterocycles. The molecule has 33 heavy (non-hydrogen) atoms. The van der Waals surface area contributed by atoms with Crippen LogP contribution in [-0.2, 0) is 23.1 Å². The average molecular weight is 466 g/mol. The van der Waals surface area contributed by atoms with Gasteiger partial charge in [0.05, 0.1) is 17.0 Å². The second-order valence-corrected chi connectivity index (χ2v) is 8.96. The van der Waals surface area contributed by atoms with Crippen LogP contribution in [-0.4, -0.2) is 33.3 Å². The molecule has 0 bridgehead atoms. The fourth-order valence-corrected chi connectivity index (χ4v) is 4.61. The third-order valence-corrected chi connectivity index (χ3v) is 6.69. The molecule has 4 rings (SSSR count). The first-order valence-corrected chi connectivity index (χ1v) is 11.1. The molecule has 166 valence electrons. The monoisotopic (exact) mass is 466 g/mol. The molecule has 0 radical (unpaired) electrons. The Morgan fingerprint density at radius 3 is 2.36 bits per heavy atom. The number of aromatic nitrogens is 4. The van der Waals surface area contributed by atoms with E-state index >= 15 is 0 Å². The van der Waals surface area contributed by atoms with Gasteiger partial charge in [-0.15, -0.1) is 10.2 Å². The van der Waals surface area contributed by atoms with Gasteiger partial charge in [0.15, 0.2) is 5.69 Å². The van der Waals surface area contributed by atoms with E-state index in [0.717, 1.165) is 4.31 Å². The summed E-state index contributed by atoms with van der Waals surface area (Å²) in [5.74, 6) is -1.15. The van der Waals surface area contributed by atoms with Gasteiger partial charge in [0.2, 0.25) is 15.8 Å². The van der Waals surface area contributed by atoms with E-state index in [-0.39, 0.29) is 40.6 Å². The lowest BCUT2D eigenvalue weighted by Gasteiger charge is -2.23. The highest BCUT2D eigenvalue weighted by Gasteiger charge is 2.26. The highest BCUT2D eigenvalue weighted by molar-refractivity contribution is 7.89. The van der Waals surface area contributed by atoms with Crippen molar-refractivity contribution >= 4 is 15.7 Å².